The molecule has 0 spiro atoms. The summed E-state index contributed by atoms with van der Waals surface area (Å²) in [5, 5.41) is 10.4. The summed E-state index contributed by atoms with van der Waals surface area (Å²) in [6.07, 6.45) is -3.98. The number of aromatic nitrogens is 2. The second-order valence-corrected chi connectivity index (χ2v) is 7.55. The number of para-hydroxylation sites is 1. The van der Waals surface area contributed by atoms with E-state index in [0.717, 1.165) is 23.4 Å². The fourth-order valence-corrected chi connectivity index (χ4v) is 4.13. The van der Waals surface area contributed by atoms with E-state index in [0.29, 0.717) is 18.8 Å². The quantitative estimate of drug-likeness (QED) is 0.535. The molecule has 2 aromatic carbocycles. The van der Waals surface area contributed by atoms with Crippen LogP contribution in [0.3, 0.4) is 0 Å². The molecule has 0 saturated heterocycles. The zero-order chi connectivity index (χ0) is 22.3. The highest BCUT2D eigenvalue weighted by molar-refractivity contribution is 6.31. The number of nitrogens with two attached hydrogens (primary N) is 1. The maximum Gasteiger partial charge on any atom is 0.417 e. The van der Waals surface area contributed by atoms with E-state index >= 15 is 0 Å². The van der Waals surface area contributed by atoms with Gasteiger partial charge in [-0.15, -0.1) is 0 Å². The Hall–Kier alpha value is -3.20. The number of anilines is 2. The largest absolute Gasteiger partial charge is 0.417 e. The van der Waals surface area contributed by atoms with Gasteiger partial charge in [0.2, 0.25) is 0 Å². The van der Waals surface area contributed by atoms with Crippen LogP contribution >= 0.6 is 11.6 Å². The Kier molecular flexibility index (Phi) is 5.30. The highest BCUT2D eigenvalue weighted by Crippen LogP contribution is 2.41. The zero-order valence-corrected chi connectivity index (χ0v) is 17.2. The number of nitrogens with one attached hydrogen (secondary N) is 2. The number of alkyl halides is 3. The minimum atomic E-state index is -4.65. The van der Waals surface area contributed by atoms with Crippen molar-refractivity contribution in [2.75, 3.05) is 24.2 Å². The van der Waals surface area contributed by atoms with E-state index in [9.17, 15) is 18.0 Å². The predicted octanol–water partition coefficient (Wildman–Crippen LogP) is 4.77. The van der Waals surface area contributed by atoms with E-state index in [2.05, 4.69) is 15.7 Å². The molecular weight excluding hydrogens is 431 g/mol. The van der Waals surface area contributed by atoms with Gasteiger partial charge in [0.15, 0.2) is 0 Å². The second kappa shape index (κ2) is 7.81. The molecule has 2 heterocycles. The molecule has 0 aliphatic carbocycles. The molecule has 1 aromatic heterocycles. The van der Waals surface area contributed by atoms with Crippen LogP contribution in [0.1, 0.15) is 33.9 Å². The molecule has 0 saturated carbocycles. The molecule has 4 N–H and O–H groups in total. The number of primary amides is 1. The smallest absolute Gasteiger partial charge is 0.388 e. The van der Waals surface area contributed by atoms with Crippen molar-refractivity contribution in [3.05, 3.63) is 64.2 Å². The molecule has 162 valence electrons. The summed E-state index contributed by atoms with van der Waals surface area (Å²) in [4.78, 5) is 12.3. The fourth-order valence-electron chi connectivity index (χ4n) is 3.91. The van der Waals surface area contributed by atoms with E-state index in [1.165, 1.54) is 6.07 Å². The number of benzene rings is 2. The van der Waals surface area contributed by atoms with Crippen LogP contribution < -0.4 is 16.4 Å². The van der Waals surface area contributed by atoms with Gasteiger partial charge in [-0.25, -0.2) is 4.68 Å². The summed E-state index contributed by atoms with van der Waals surface area (Å²) in [6.45, 7) is 0.544. The number of carbonyl (C=O) groups excluding carboxylic acids is 1. The lowest BCUT2D eigenvalue weighted by molar-refractivity contribution is -0.137. The fraction of sp³-hybridized carbons (Fsp3) is 0.238. The lowest BCUT2D eigenvalue weighted by Gasteiger charge is -2.27. The van der Waals surface area contributed by atoms with E-state index in [1.807, 2.05) is 24.3 Å². The third-order valence-corrected chi connectivity index (χ3v) is 5.63. The number of amides is 1. The molecule has 0 radical (unpaired) electrons. The lowest BCUT2D eigenvalue weighted by atomic mass is 9.99. The van der Waals surface area contributed by atoms with Gasteiger partial charge in [-0.3, -0.25) is 4.79 Å². The molecule has 0 fully saturated rings. The van der Waals surface area contributed by atoms with Crippen LogP contribution in [0.5, 0.6) is 0 Å². The average Bonchev–Trinajstić information content (AvgIpc) is 3.13. The molecule has 1 amide bonds. The first-order valence-corrected chi connectivity index (χ1v) is 9.90. The number of nitrogens with zero attached hydrogens (tertiary/aromatic N) is 2. The maximum atomic E-state index is 13.4. The van der Waals surface area contributed by atoms with Gasteiger partial charge >= 0.3 is 6.18 Å². The molecule has 1 aliphatic rings. The number of halogens is 4. The minimum absolute atomic E-state index is 0.0436. The number of hydrogen-bond acceptors (Lipinski definition) is 4. The normalized spacial score (nSPS) is 15.8. The van der Waals surface area contributed by atoms with Gasteiger partial charge < -0.3 is 16.4 Å². The Morgan fingerprint density at radius 2 is 2.03 bits per heavy atom. The van der Waals surface area contributed by atoms with Gasteiger partial charge in [-0.2, -0.15) is 18.3 Å². The van der Waals surface area contributed by atoms with Crippen molar-refractivity contribution in [2.24, 2.45) is 5.73 Å². The number of carbonyl (C=O) groups is 1. The van der Waals surface area contributed by atoms with E-state index < -0.39 is 22.7 Å². The van der Waals surface area contributed by atoms with Gasteiger partial charge in [-0.1, -0.05) is 35.9 Å². The lowest BCUT2D eigenvalue weighted by Crippen LogP contribution is -2.26. The summed E-state index contributed by atoms with van der Waals surface area (Å²) >= 11 is 5.75. The Balaban J connectivity index is 1.91. The number of fused-ring (bicyclic) bond motifs is 1. The summed E-state index contributed by atoms with van der Waals surface area (Å²) in [5.41, 5.74) is 6.69. The second-order valence-electron chi connectivity index (χ2n) is 7.14. The number of hydrogen-bond donors (Lipinski definition) is 3. The van der Waals surface area contributed by atoms with Gasteiger partial charge in [0, 0.05) is 24.8 Å². The van der Waals surface area contributed by atoms with Crippen molar-refractivity contribution in [1.29, 1.82) is 0 Å². The molecule has 1 aliphatic heterocycles. The van der Waals surface area contributed by atoms with Crippen molar-refractivity contribution in [1.82, 2.24) is 9.78 Å². The molecule has 1 unspecified atom stereocenters. The molecule has 1 atom stereocenters. The average molecular weight is 450 g/mol. The van der Waals surface area contributed by atoms with Crippen molar-refractivity contribution in [3.63, 3.8) is 0 Å². The molecule has 6 nitrogen and oxygen atoms in total. The van der Waals surface area contributed by atoms with E-state index in [4.69, 9.17) is 17.3 Å². The van der Waals surface area contributed by atoms with E-state index in [1.54, 1.807) is 11.7 Å². The Morgan fingerprint density at radius 3 is 2.71 bits per heavy atom. The van der Waals surface area contributed by atoms with Gasteiger partial charge in [0.05, 0.1) is 16.6 Å². The third kappa shape index (κ3) is 3.69. The van der Waals surface area contributed by atoms with Gasteiger partial charge in [0.25, 0.3) is 5.91 Å². The standard InChI is InChI=1S/C21H19ClF3N5O/c1-27-15-5-3-2-4-12(15)16-8-9-28-20-17(19(26)31)18(29-30(16)20)11-6-7-14(22)13(10-11)21(23,24)25/h2-7,10,16,27-28H,8-9H2,1H3,(H2,26,31). The highest BCUT2D eigenvalue weighted by atomic mass is 35.5. The van der Waals surface area contributed by atoms with Crippen molar-refractivity contribution in [3.8, 4) is 11.3 Å². The summed E-state index contributed by atoms with van der Waals surface area (Å²) in [7, 11) is 1.80. The Bertz CT molecular complexity index is 1160. The van der Waals surface area contributed by atoms with Crippen LogP contribution in [-0.2, 0) is 6.18 Å². The molecule has 31 heavy (non-hydrogen) atoms. The first kappa shape index (κ1) is 21.0. The van der Waals surface area contributed by atoms with Crippen LogP contribution in [0, 0.1) is 0 Å². The van der Waals surface area contributed by atoms with Crippen LogP contribution in [0.25, 0.3) is 11.3 Å². The van der Waals surface area contributed by atoms with E-state index in [-0.39, 0.29) is 22.9 Å². The summed E-state index contributed by atoms with van der Waals surface area (Å²) in [6, 6.07) is 10.9. The number of rotatable bonds is 4. The summed E-state index contributed by atoms with van der Waals surface area (Å²) < 4.78 is 41.8. The minimum Gasteiger partial charge on any atom is -0.388 e. The molecule has 10 heteroatoms. The molecule has 4 rings (SSSR count). The third-order valence-electron chi connectivity index (χ3n) is 5.30. The molecular formula is C21H19ClF3N5O. The van der Waals surface area contributed by atoms with Gasteiger partial charge in [0.1, 0.15) is 17.1 Å². The SMILES string of the molecule is CNc1ccccc1C1CCNc2c(C(N)=O)c(-c3ccc(Cl)c(C(F)(F)F)c3)nn21. The maximum absolute atomic E-state index is 13.4. The van der Waals surface area contributed by atoms with Crippen LogP contribution in [0.15, 0.2) is 42.5 Å². The van der Waals surface area contributed by atoms with Gasteiger partial charge in [-0.05, 0) is 30.2 Å². The zero-order valence-electron chi connectivity index (χ0n) is 16.4. The van der Waals surface area contributed by atoms with Crippen LogP contribution in [-0.4, -0.2) is 29.3 Å². The molecule has 3 aromatic rings. The monoisotopic (exact) mass is 449 g/mol. The van der Waals surface area contributed by atoms with Crippen LogP contribution in [0.4, 0.5) is 24.7 Å². The van der Waals surface area contributed by atoms with Crippen molar-refractivity contribution < 1.29 is 18.0 Å². The first-order valence-electron chi connectivity index (χ1n) is 9.52. The van der Waals surface area contributed by atoms with Crippen molar-refractivity contribution >= 4 is 29.0 Å². The Labute approximate surface area is 181 Å². The summed E-state index contributed by atoms with van der Waals surface area (Å²) in [5.74, 6) is -0.400. The topological polar surface area (TPSA) is 85.0 Å². The predicted molar refractivity (Wildman–Crippen MR) is 113 cm³/mol. The van der Waals surface area contributed by atoms with Crippen molar-refractivity contribution in [2.45, 2.75) is 18.6 Å². The van der Waals surface area contributed by atoms with Crippen LogP contribution in [0.2, 0.25) is 5.02 Å². The first-order chi connectivity index (χ1) is 14.7. The Morgan fingerprint density at radius 1 is 1.29 bits per heavy atom. The highest BCUT2D eigenvalue weighted by Gasteiger charge is 2.35. The molecule has 0 bridgehead atoms.